The minimum Gasteiger partial charge on any atom is -0.313 e. The number of nitrogens with one attached hydrogen (secondary N) is 1. The molecular weight excluding hydrogens is 256 g/mol. The Hall–Kier alpha value is -1.38. The summed E-state index contributed by atoms with van der Waals surface area (Å²) in [5.41, 5.74) is 4.51. The van der Waals surface area contributed by atoms with Gasteiger partial charge in [-0.3, -0.25) is 4.98 Å². The van der Waals surface area contributed by atoms with Crippen LogP contribution >= 0.6 is 11.6 Å². The molecule has 0 spiro atoms. The van der Waals surface area contributed by atoms with E-state index in [9.17, 15) is 0 Å². The van der Waals surface area contributed by atoms with Gasteiger partial charge in [0.25, 0.3) is 0 Å². The third kappa shape index (κ3) is 3.34. The summed E-state index contributed by atoms with van der Waals surface area (Å²) >= 11 is 6.23. The smallest absolute Gasteiger partial charge is 0.0438 e. The first-order valence-electron chi connectivity index (χ1n) is 6.46. The Labute approximate surface area is 119 Å². The Morgan fingerprint density at radius 2 is 1.89 bits per heavy atom. The van der Waals surface area contributed by atoms with Crippen molar-refractivity contribution in [3.63, 3.8) is 0 Å². The van der Waals surface area contributed by atoms with Crippen molar-refractivity contribution in [3.8, 4) is 0 Å². The first kappa shape index (κ1) is 14.0. The molecule has 0 aliphatic heterocycles. The molecule has 0 aliphatic rings. The second kappa shape index (κ2) is 6.18. The predicted octanol–water partition coefficient (Wildman–Crippen LogP) is 3.86. The van der Waals surface area contributed by atoms with Crippen molar-refractivity contribution in [2.45, 2.75) is 26.3 Å². The zero-order chi connectivity index (χ0) is 13.8. The topological polar surface area (TPSA) is 24.9 Å². The van der Waals surface area contributed by atoms with Crippen LogP contribution in [-0.2, 0) is 6.42 Å². The second-order valence-corrected chi connectivity index (χ2v) is 5.17. The first-order valence-corrected chi connectivity index (χ1v) is 6.84. The van der Waals surface area contributed by atoms with Gasteiger partial charge in [0.15, 0.2) is 0 Å². The SMILES string of the molecule is CNC(Cc1ccccc1Cl)c1ccc(C)nc1C. The quantitative estimate of drug-likeness (QED) is 0.916. The molecule has 0 aliphatic carbocycles. The molecule has 1 N–H and O–H groups in total. The molecule has 2 nitrogen and oxygen atoms in total. The van der Waals surface area contributed by atoms with Crippen LogP contribution in [0.25, 0.3) is 0 Å². The van der Waals surface area contributed by atoms with Crippen molar-refractivity contribution < 1.29 is 0 Å². The highest BCUT2D eigenvalue weighted by Gasteiger charge is 2.14. The minimum absolute atomic E-state index is 0.230. The van der Waals surface area contributed by atoms with Crippen molar-refractivity contribution in [1.29, 1.82) is 0 Å². The predicted molar refractivity (Wildman–Crippen MR) is 80.7 cm³/mol. The number of benzene rings is 1. The summed E-state index contributed by atoms with van der Waals surface area (Å²) in [4.78, 5) is 4.53. The molecule has 1 aromatic heterocycles. The highest BCUT2D eigenvalue weighted by Crippen LogP contribution is 2.24. The number of aromatic nitrogens is 1. The standard InChI is InChI=1S/C16H19ClN2/c1-11-8-9-14(12(2)19-11)16(18-3)10-13-6-4-5-7-15(13)17/h4-9,16,18H,10H2,1-3H3. The van der Waals surface area contributed by atoms with Gasteiger partial charge in [0.05, 0.1) is 0 Å². The lowest BCUT2D eigenvalue weighted by Gasteiger charge is -2.19. The second-order valence-electron chi connectivity index (χ2n) is 4.76. The monoisotopic (exact) mass is 274 g/mol. The van der Waals surface area contributed by atoms with Crippen LogP contribution in [-0.4, -0.2) is 12.0 Å². The van der Waals surface area contributed by atoms with Crippen LogP contribution in [0.1, 0.15) is 28.6 Å². The van der Waals surface area contributed by atoms with Gasteiger partial charge in [-0.15, -0.1) is 0 Å². The molecule has 19 heavy (non-hydrogen) atoms. The van der Waals surface area contributed by atoms with Crippen LogP contribution in [0.4, 0.5) is 0 Å². The fourth-order valence-electron chi connectivity index (χ4n) is 2.32. The first-order chi connectivity index (χ1) is 9.11. The molecule has 0 radical (unpaired) electrons. The fraction of sp³-hybridized carbons (Fsp3) is 0.312. The van der Waals surface area contributed by atoms with Gasteiger partial charge in [-0.25, -0.2) is 0 Å². The van der Waals surface area contributed by atoms with Crippen molar-refractivity contribution >= 4 is 11.6 Å². The molecular formula is C16H19ClN2. The van der Waals surface area contributed by atoms with Gasteiger partial charge < -0.3 is 5.32 Å². The summed E-state index contributed by atoms with van der Waals surface area (Å²) in [5.74, 6) is 0. The van der Waals surface area contributed by atoms with Crippen LogP contribution in [0.2, 0.25) is 5.02 Å². The van der Waals surface area contributed by atoms with Crippen molar-refractivity contribution in [1.82, 2.24) is 10.3 Å². The molecule has 1 aromatic carbocycles. The number of nitrogens with zero attached hydrogens (tertiary/aromatic N) is 1. The molecule has 0 fully saturated rings. The number of halogens is 1. The Balaban J connectivity index is 2.28. The summed E-state index contributed by atoms with van der Waals surface area (Å²) in [5, 5.41) is 4.18. The lowest BCUT2D eigenvalue weighted by Crippen LogP contribution is -2.20. The molecule has 100 valence electrons. The fourth-order valence-corrected chi connectivity index (χ4v) is 2.53. The van der Waals surface area contributed by atoms with Crippen LogP contribution in [0.3, 0.4) is 0 Å². The van der Waals surface area contributed by atoms with Crippen LogP contribution in [0.15, 0.2) is 36.4 Å². The van der Waals surface area contributed by atoms with E-state index in [-0.39, 0.29) is 6.04 Å². The van der Waals surface area contributed by atoms with Gasteiger partial charge >= 0.3 is 0 Å². The van der Waals surface area contributed by atoms with E-state index in [1.165, 1.54) is 5.56 Å². The molecule has 2 rings (SSSR count). The summed E-state index contributed by atoms with van der Waals surface area (Å²) in [6, 6.07) is 12.4. The summed E-state index contributed by atoms with van der Waals surface area (Å²) in [6.07, 6.45) is 0.863. The van der Waals surface area contributed by atoms with Crippen molar-refractivity contribution in [3.05, 3.63) is 63.9 Å². The average molecular weight is 275 g/mol. The third-order valence-corrected chi connectivity index (χ3v) is 3.74. The van der Waals surface area contributed by atoms with Gasteiger partial charge in [0.2, 0.25) is 0 Å². The molecule has 3 heteroatoms. The van der Waals surface area contributed by atoms with Gasteiger partial charge in [-0.1, -0.05) is 35.9 Å². The van der Waals surface area contributed by atoms with Gasteiger partial charge in [0, 0.05) is 22.5 Å². The van der Waals surface area contributed by atoms with E-state index in [1.807, 2.05) is 32.2 Å². The number of likely N-dealkylation sites (N-methyl/N-ethyl adjacent to an activating group) is 1. The third-order valence-electron chi connectivity index (χ3n) is 3.37. The minimum atomic E-state index is 0.230. The maximum absolute atomic E-state index is 6.23. The van der Waals surface area contributed by atoms with Gasteiger partial charge in [0.1, 0.15) is 0 Å². The Morgan fingerprint density at radius 1 is 1.16 bits per heavy atom. The van der Waals surface area contributed by atoms with Gasteiger partial charge in [-0.2, -0.15) is 0 Å². The zero-order valence-corrected chi connectivity index (χ0v) is 12.3. The van der Waals surface area contributed by atoms with Crippen molar-refractivity contribution in [2.24, 2.45) is 0 Å². The van der Waals surface area contributed by atoms with E-state index in [0.29, 0.717) is 0 Å². The highest BCUT2D eigenvalue weighted by molar-refractivity contribution is 6.31. The number of rotatable bonds is 4. The molecule has 0 amide bonds. The van der Waals surface area contributed by atoms with Gasteiger partial charge in [-0.05, 0) is 50.6 Å². The average Bonchev–Trinajstić information content (AvgIpc) is 2.39. The molecule has 1 atom stereocenters. The summed E-state index contributed by atoms with van der Waals surface area (Å²) in [7, 11) is 1.97. The van der Waals surface area contributed by atoms with E-state index >= 15 is 0 Å². The molecule has 2 aromatic rings. The lowest BCUT2D eigenvalue weighted by atomic mass is 9.97. The lowest BCUT2D eigenvalue weighted by molar-refractivity contribution is 0.585. The summed E-state index contributed by atoms with van der Waals surface area (Å²) < 4.78 is 0. The maximum Gasteiger partial charge on any atom is 0.0438 e. The van der Waals surface area contributed by atoms with Crippen LogP contribution in [0, 0.1) is 13.8 Å². The summed E-state index contributed by atoms with van der Waals surface area (Å²) in [6.45, 7) is 4.07. The van der Waals surface area contributed by atoms with E-state index in [1.54, 1.807) is 0 Å². The van der Waals surface area contributed by atoms with Crippen LogP contribution < -0.4 is 5.32 Å². The Kier molecular flexibility index (Phi) is 4.56. The maximum atomic E-state index is 6.23. The van der Waals surface area contributed by atoms with E-state index < -0.39 is 0 Å². The number of pyridine rings is 1. The molecule has 0 bridgehead atoms. The molecule has 1 heterocycles. The molecule has 1 unspecified atom stereocenters. The van der Waals surface area contributed by atoms with Crippen molar-refractivity contribution in [2.75, 3.05) is 7.05 Å². The normalized spacial score (nSPS) is 12.4. The Bertz CT molecular complexity index is 566. The number of hydrogen-bond acceptors (Lipinski definition) is 2. The van der Waals surface area contributed by atoms with E-state index in [2.05, 4.69) is 35.4 Å². The number of aryl methyl sites for hydroxylation is 2. The largest absolute Gasteiger partial charge is 0.313 e. The molecule has 0 saturated carbocycles. The number of hydrogen-bond donors (Lipinski definition) is 1. The zero-order valence-electron chi connectivity index (χ0n) is 11.6. The highest BCUT2D eigenvalue weighted by atomic mass is 35.5. The Morgan fingerprint density at radius 3 is 2.53 bits per heavy atom. The molecule has 0 saturated heterocycles. The van der Waals surface area contributed by atoms with Crippen LogP contribution in [0.5, 0.6) is 0 Å². The van der Waals surface area contributed by atoms with E-state index in [0.717, 1.165) is 28.4 Å². The van der Waals surface area contributed by atoms with E-state index in [4.69, 9.17) is 11.6 Å².